The van der Waals surface area contributed by atoms with Crippen molar-refractivity contribution < 1.29 is 0 Å². The van der Waals surface area contributed by atoms with Gasteiger partial charge >= 0.3 is 0 Å². The lowest BCUT2D eigenvalue weighted by Gasteiger charge is -2.38. The van der Waals surface area contributed by atoms with Crippen LogP contribution in [0.2, 0.25) is 0 Å². The van der Waals surface area contributed by atoms with Crippen LogP contribution in [0.5, 0.6) is 0 Å². The maximum absolute atomic E-state index is 5.90. The number of anilines is 1. The number of nitrogens with zero attached hydrogens (tertiary/aromatic N) is 2. The highest BCUT2D eigenvalue weighted by atomic mass is 35.5. The Bertz CT molecular complexity index is 475. The van der Waals surface area contributed by atoms with Gasteiger partial charge in [-0.05, 0) is 74.8 Å². The number of nitrogen functional groups attached to an aromatic ring is 1. The molecule has 0 bridgehead atoms. The van der Waals surface area contributed by atoms with Gasteiger partial charge in [0.15, 0.2) is 0 Å². The first-order valence-electron chi connectivity index (χ1n) is 8.98. The van der Waals surface area contributed by atoms with Gasteiger partial charge in [-0.25, -0.2) is 0 Å². The third kappa shape index (κ3) is 6.44. The standard InChI is InChI=1S/C19H31N3.2ClH/c1-16-7-10-21(11-8-16)14-18-5-3-9-22(15-18)13-17-4-2-6-19(20)12-17;;/h2,4,6,12,16,18H,3,5,7-11,13-15,20H2,1H3;2*1H. The zero-order valence-electron chi connectivity index (χ0n) is 14.8. The Morgan fingerprint density at radius 3 is 2.50 bits per heavy atom. The van der Waals surface area contributed by atoms with Crippen molar-refractivity contribution in [1.29, 1.82) is 0 Å². The minimum Gasteiger partial charge on any atom is -0.399 e. The summed E-state index contributed by atoms with van der Waals surface area (Å²) in [6.45, 7) is 9.87. The molecule has 24 heavy (non-hydrogen) atoms. The predicted octanol–water partition coefficient (Wildman–Crippen LogP) is 4.06. The summed E-state index contributed by atoms with van der Waals surface area (Å²) in [7, 11) is 0. The van der Waals surface area contributed by atoms with Gasteiger partial charge < -0.3 is 10.6 Å². The Kier molecular flexibility index (Phi) is 9.43. The Balaban J connectivity index is 0.00000144. The van der Waals surface area contributed by atoms with Crippen molar-refractivity contribution in [1.82, 2.24) is 9.80 Å². The lowest BCUT2D eigenvalue weighted by atomic mass is 9.94. The molecule has 0 radical (unpaired) electrons. The van der Waals surface area contributed by atoms with E-state index >= 15 is 0 Å². The highest BCUT2D eigenvalue weighted by molar-refractivity contribution is 5.85. The third-order valence-electron chi connectivity index (χ3n) is 5.35. The number of piperidine rings is 2. The fraction of sp³-hybridized carbons (Fsp3) is 0.684. The van der Waals surface area contributed by atoms with Crippen LogP contribution in [0.1, 0.15) is 38.2 Å². The summed E-state index contributed by atoms with van der Waals surface area (Å²) in [5.74, 6) is 1.78. The van der Waals surface area contributed by atoms with Crippen LogP contribution in [0.4, 0.5) is 5.69 Å². The van der Waals surface area contributed by atoms with Gasteiger partial charge in [-0.3, -0.25) is 4.90 Å². The van der Waals surface area contributed by atoms with E-state index in [2.05, 4.69) is 34.9 Å². The van der Waals surface area contributed by atoms with Gasteiger partial charge in [0.2, 0.25) is 0 Å². The van der Waals surface area contributed by atoms with Gasteiger partial charge in [0.25, 0.3) is 0 Å². The van der Waals surface area contributed by atoms with Crippen LogP contribution in [0.15, 0.2) is 24.3 Å². The zero-order valence-corrected chi connectivity index (χ0v) is 16.5. The second-order valence-electron chi connectivity index (χ2n) is 7.47. The lowest BCUT2D eigenvalue weighted by molar-refractivity contribution is 0.109. The second kappa shape index (κ2) is 10.5. The largest absolute Gasteiger partial charge is 0.399 e. The number of hydrogen-bond donors (Lipinski definition) is 1. The zero-order chi connectivity index (χ0) is 15.4. The molecule has 1 aromatic rings. The predicted molar refractivity (Wildman–Crippen MR) is 108 cm³/mol. The van der Waals surface area contributed by atoms with Crippen molar-refractivity contribution in [3.05, 3.63) is 29.8 Å². The molecule has 0 saturated carbocycles. The first-order chi connectivity index (χ1) is 10.7. The molecular weight excluding hydrogens is 341 g/mol. The van der Waals surface area contributed by atoms with Crippen molar-refractivity contribution in [2.75, 3.05) is 38.5 Å². The fourth-order valence-electron chi connectivity index (χ4n) is 4.00. The van der Waals surface area contributed by atoms with Gasteiger partial charge in [0, 0.05) is 25.3 Å². The number of benzene rings is 1. The van der Waals surface area contributed by atoms with Gasteiger partial charge in [-0.15, -0.1) is 24.8 Å². The highest BCUT2D eigenvalue weighted by Crippen LogP contribution is 2.23. The van der Waals surface area contributed by atoms with E-state index in [4.69, 9.17) is 5.73 Å². The Morgan fingerprint density at radius 2 is 1.79 bits per heavy atom. The molecule has 0 amide bonds. The number of halogens is 2. The first kappa shape index (κ1) is 21.6. The van der Waals surface area contributed by atoms with E-state index in [1.807, 2.05) is 6.07 Å². The second-order valence-corrected chi connectivity index (χ2v) is 7.47. The molecule has 1 unspecified atom stereocenters. The molecule has 2 heterocycles. The van der Waals surface area contributed by atoms with Crippen molar-refractivity contribution in [2.24, 2.45) is 11.8 Å². The SMILES string of the molecule is CC1CCN(CC2CCCN(Cc3cccc(N)c3)C2)CC1.Cl.Cl. The summed E-state index contributed by atoms with van der Waals surface area (Å²) < 4.78 is 0. The van der Waals surface area contributed by atoms with Gasteiger partial charge in [0.1, 0.15) is 0 Å². The molecule has 3 rings (SSSR count). The Morgan fingerprint density at radius 1 is 1.04 bits per heavy atom. The van der Waals surface area contributed by atoms with Crippen molar-refractivity contribution in [3.8, 4) is 0 Å². The quantitative estimate of drug-likeness (QED) is 0.807. The molecule has 1 aromatic carbocycles. The van der Waals surface area contributed by atoms with E-state index in [0.717, 1.165) is 24.1 Å². The van der Waals surface area contributed by atoms with Crippen molar-refractivity contribution in [2.45, 2.75) is 39.2 Å². The monoisotopic (exact) mass is 373 g/mol. The average molecular weight is 374 g/mol. The average Bonchev–Trinajstić information content (AvgIpc) is 2.50. The van der Waals surface area contributed by atoms with E-state index in [0.29, 0.717) is 0 Å². The maximum Gasteiger partial charge on any atom is 0.0317 e. The minimum atomic E-state index is 0. The molecule has 2 fully saturated rings. The lowest BCUT2D eigenvalue weighted by Crippen LogP contribution is -2.42. The molecule has 5 heteroatoms. The molecule has 2 aliphatic rings. The molecule has 0 aromatic heterocycles. The normalized spacial score (nSPS) is 23.3. The fourth-order valence-corrected chi connectivity index (χ4v) is 4.00. The first-order valence-corrected chi connectivity index (χ1v) is 8.98. The van der Waals surface area contributed by atoms with Gasteiger partial charge in [-0.1, -0.05) is 19.1 Å². The molecule has 3 nitrogen and oxygen atoms in total. The van der Waals surface area contributed by atoms with E-state index in [9.17, 15) is 0 Å². The van der Waals surface area contributed by atoms with E-state index in [-0.39, 0.29) is 24.8 Å². The number of hydrogen-bond acceptors (Lipinski definition) is 3. The molecule has 1 atom stereocenters. The van der Waals surface area contributed by atoms with Crippen molar-refractivity contribution >= 4 is 30.5 Å². The van der Waals surface area contributed by atoms with Crippen LogP contribution >= 0.6 is 24.8 Å². The van der Waals surface area contributed by atoms with Crippen LogP contribution < -0.4 is 5.73 Å². The molecule has 0 aliphatic carbocycles. The summed E-state index contributed by atoms with van der Waals surface area (Å²) in [5, 5.41) is 0. The highest BCUT2D eigenvalue weighted by Gasteiger charge is 2.24. The van der Waals surface area contributed by atoms with Crippen LogP contribution in [-0.4, -0.2) is 42.5 Å². The molecule has 2 aliphatic heterocycles. The molecular formula is C19H33Cl2N3. The third-order valence-corrected chi connectivity index (χ3v) is 5.35. The molecule has 2 saturated heterocycles. The topological polar surface area (TPSA) is 32.5 Å². The number of likely N-dealkylation sites (tertiary alicyclic amines) is 2. The smallest absolute Gasteiger partial charge is 0.0317 e. The number of nitrogens with two attached hydrogens (primary N) is 1. The Hall–Kier alpha value is -0.480. The maximum atomic E-state index is 5.90. The van der Waals surface area contributed by atoms with Crippen LogP contribution in [-0.2, 0) is 6.54 Å². The van der Waals surface area contributed by atoms with E-state index in [1.54, 1.807) is 0 Å². The summed E-state index contributed by atoms with van der Waals surface area (Å²) in [6, 6.07) is 8.36. The Labute approximate surface area is 159 Å². The van der Waals surface area contributed by atoms with E-state index < -0.39 is 0 Å². The summed E-state index contributed by atoms with van der Waals surface area (Å²) in [5.41, 5.74) is 8.14. The molecule has 2 N–H and O–H groups in total. The van der Waals surface area contributed by atoms with Gasteiger partial charge in [0.05, 0.1) is 0 Å². The van der Waals surface area contributed by atoms with Crippen LogP contribution in [0.25, 0.3) is 0 Å². The van der Waals surface area contributed by atoms with Crippen molar-refractivity contribution in [3.63, 3.8) is 0 Å². The molecule has 138 valence electrons. The summed E-state index contributed by atoms with van der Waals surface area (Å²) in [4.78, 5) is 5.32. The summed E-state index contributed by atoms with van der Waals surface area (Å²) >= 11 is 0. The van der Waals surface area contributed by atoms with Crippen LogP contribution in [0.3, 0.4) is 0 Å². The number of rotatable bonds is 4. The summed E-state index contributed by atoms with van der Waals surface area (Å²) in [6.07, 6.45) is 5.52. The molecule has 0 spiro atoms. The van der Waals surface area contributed by atoms with Gasteiger partial charge in [-0.2, -0.15) is 0 Å². The minimum absolute atomic E-state index is 0. The van der Waals surface area contributed by atoms with Crippen LogP contribution in [0, 0.1) is 11.8 Å². The van der Waals surface area contributed by atoms with E-state index in [1.165, 1.54) is 64.0 Å².